The van der Waals surface area contributed by atoms with Crippen LogP contribution in [0.15, 0.2) is 42.6 Å². The van der Waals surface area contributed by atoms with Gasteiger partial charge in [0.2, 0.25) is 0 Å². The van der Waals surface area contributed by atoms with Gasteiger partial charge in [-0.1, -0.05) is 77.8 Å². The van der Waals surface area contributed by atoms with E-state index in [1.165, 1.54) is 0 Å². The molecule has 0 spiro atoms. The molecule has 3 aliphatic rings. The van der Waals surface area contributed by atoms with Crippen LogP contribution in [0.3, 0.4) is 0 Å². The van der Waals surface area contributed by atoms with E-state index in [0.29, 0.717) is 59.3 Å². The van der Waals surface area contributed by atoms with Crippen molar-refractivity contribution in [3.8, 4) is 28.7 Å². The highest BCUT2D eigenvalue weighted by Gasteiger charge is 2.49. The summed E-state index contributed by atoms with van der Waals surface area (Å²) in [4.78, 5) is 33.6. The van der Waals surface area contributed by atoms with Crippen molar-refractivity contribution in [2.45, 2.75) is 141 Å². The molecule has 9 nitrogen and oxygen atoms in total. The van der Waals surface area contributed by atoms with E-state index in [1.807, 2.05) is 76.0 Å². The number of carbonyl (C=O) groups is 1. The number of rotatable bonds is 9. The first kappa shape index (κ1) is 42.8. The molecule has 0 radical (unpaired) electrons. The molecule has 7 rings (SSSR count). The summed E-state index contributed by atoms with van der Waals surface area (Å²) in [7, 11) is -0.166. The van der Waals surface area contributed by atoms with E-state index in [4.69, 9.17) is 24.4 Å². The first-order valence-electron chi connectivity index (χ1n) is 21.5. The van der Waals surface area contributed by atoms with E-state index >= 15 is 4.39 Å². The molecule has 3 saturated heterocycles. The number of hydrogen-bond donors (Lipinski definition) is 0. The Morgan fingerprint density at radius 3 is 2.42 bits per heavy atom. The lowest BCUT2D eigenvalue weighted by molar-refractivity contribution is 0.0233. The number of nitrogens with zero attached hydrogens (tertiary/aromatic N) is 6. The lowest BCUT2D eigenvalue weighted by Crippen LogP contribution is -2.45. The van der Waals surface area contributed by atoms with Crippen molar-refractivity contribution < 1.29 is 23.0 Å². The maximum absolute atomic E-state index is 17.5. The molecular formula is C47H62F2N6O3Si. The van der Waals surface area contributed by atoms with Gasteiger partial charge in [0.15, 0.2) is 5.82 Å². The van der Waals surface area contributed by atoms with Gasteiger partial charge in [-0.25, -0.2) is 13.6 Å². The summed E-state index contributed by atoms with van der Waals surface area (Å²) in [6.45, 7) is 23.3. The molecular weight excluding hydrogens is 763 g/mol. The van der Waals surface area contributed by atoms with Crippen molar-refractivity contribution in [2.75, 3.05) is 38.2 Å². The number of amides is 1. The topological polar surface area (TPSA) is 83.9 Å². The van der Waals surface area contributed by atoms with Gasteiger partial charge in [0.25, 0.3) is 0 Å². The van der Waals surface area contributed by atoms with E-state index in [9.17, 15) is 9.18 Å². The first-order chi connectivity index (χ1) is 27.9. The van der Waals surface area contributed by atoms with E-state index in [2.05, 4.69) is 57.9 Å². The number of aromatic nitrogens is 3. The Bertz CT molecular complexity index is 2260. The van der Waals surface area contributed by atoms with Gasteiger partial charge in [0.1, 0.15) is 43.5 Å². The number of carbonyl (C=O) groups excluding carboxylic acids is 1. The van der Waals surface area contributed by atoms with Crippen LogP contribution in [0.1, 0.15) is 100 Å². The Labute approximate surface area is 350 Å². The third-order valence-corrected chi connectivity index (χ3v) is 19.8. The molecule has 2 unspecified atom stereocenters. The highest BCUT2D eigenvalue weighted by Crippen LogP contribution is 2.43. The molecule has 5 heterocycles. The van der Waals surface area contributed by atoms with Crippen molar-refractivity contribution in [1.29, 1.82) is 0 Å². The van der Waals surface area contributed by atoms with E-state index < -0.39 is 31.2 Å². The van der Waals surface area contributed by atoms with Crippen LogP contribution >= 0.6 is 0 Å². The second-order valence-corrected chi connectivity index (χ2v) is 24.7. The Morgan fingerprint density at radius 2 is 1.75 bits per heavy atom. The molecule has 12 heteroatoms. The molecule has 3 fully saturated rings. The Morgan fingerprint density at radius 1 is 1.05 bits per heavy atom. The Kier molecular flexibility index (Phi) is 11.8. The smallest absolute Gasteiger partial charge is 0.410 e. The van der Waals surface area contributed by atoms with E-state index in [1.54, 1.807) is 11.1 Å². The van der Waals surface area contributed by atoms with Crippen molar-refractivity contribution >= 4 is 41.7 Å². The van der Waals surface area contributed by atoms with Crippen LogP contribution in [0, 0.1) is 17.3 Å². The number of fused-ring (bicyclic) bond motifs is 3. The summed E-state index contributed by atoms with van der Waals surface area (Å²) in [5.41, 5.74) is 5.90. The normalized spacial score (nSPS) is 22.4. The number of alkyl halides is 1. The van der Waals surface area contributed by atoms with Crippen LogP contribution in [0.25, 0.3) is 32.9 Å². The monoisotopic (exact) mass is 824 g/mol. The second kappa shape index (κ2) is 16.3. The molecule has 2 aromatic heterocycles. The molecule has 1 amide bonds. The quantitative estimate of drug-likeness (QED) is 0.122. The molecule has 4 aromatic rings. The molecule has 2 aromatic carbocycles. The number of hydrogen-bond acceptors (Lipinski definition) is 8. The third-order valence-electron chi connectivity index (χ3n) is 13.5. The predicted octanol–water partition coefficient (Wildman–Crippen LogP) is 10.3. The fourth-order valence-corrected chi connectivity index (χ4v) is 15.8. The van der Waals surface area contributed by atoms with E-state index in [0.717, 1.165) is 35.7 Å². The summed E-state index contributed by atoms with van der Waals surface area (Å²) >= 11 is 0. The van der Waals surface area contributed by atoms with Crippen molar-refractivity contribution in [1.82, 2.24) is 24.8 Å². The van der Waals surface area contributed by atoms with Crippen LogP contribution in [-0.4, -0.2) is 102 Å². The lowest BCUT2D eigenvalue weighted by Gasteiger charge is -2.38. The van der Waals surface area contributed by atoms with Gasteiger partial charge in [-0.15, -0.1) is 5.54 Å². The van der Waals surface area contributed by atoms with Gasteiger partial charge in [-0.05, 0) is 81.6 Å². The number of halogens is 2. The maximum atomic E-state index is 17.5. The van der Waals surface area contributed by atoms with E-state index in [-0.39, 0.29) is 42.0 Å². The van der Waals surface area contributed by atoms with Gasteiger partial charge in [0.05, 0.1) is 23.0 Å². The molecule has 0 bridgehead atoms. The Hall–Kier alpha value is -4.34. The molecule has 4 atom stereocenters. The summed E-state index contributed by atoms with van der Waals surface area (Å²) < 4.78 is 44.4. The molecule has 0 N–H and O–H groups in total. The van der Waals surface area contributed by atoms with Gasteiger partial charge < -0.3 is 19.3 Å². The minimum Gasteiger partial charge on any atom is -0.461 e. The van der Waals surface area contributed by atoms with Crippen molar-refractivity contribution in [3.63, 3.8) is 0 Å². The highest BCUT2D eigenvalue weighted by molar-refractivity contribution is 6.90. The Balaban J connectivity index is 1.34. The van der Waals surface area contributed by atoms with Crippen LogP contribution < -0.4 is 9.64 Å². The second-order valence-electron chi connectivity index (χ2n) is 19.1. The number of pyridine rings is 1. The lowest BCUT2D eigenvalue weighted by atomic mass is 9.95. The highest BCUT2D eigenvalue weighted by atomic mass is 28.3. The number of ether oxygens (including phenoxy) is 2. The predicted molar refractivity (Wildman–Crippen MR) is 236 cm³/mol. The van der Waals surface area contributed by atoms with Crippen molar-refractivity contribution in [2.24, 2.45) is 0 Å². The standard InChI is InChI=1S/C47H62F2N6O3Si/c1-29(2)59(30(3)4,31(5)6)24-20-34-16-12-15-33-17-13-18-36(39(33)34)41-40(49)42-37(26-50-41)43(53(11)38-19-23-55(32(38)7)45(56)58-46(8,9)10)52-44(51-42)57-28-47-21-14-22-54(47)27-35(48)25-47/h12-13,15-18,26,29-32,35,38H,14,19,21-23,25,27-28H2,1-11H3/t32?,35-,38?,47+/m1/s1. The van der Waals surface area contributed by atoms with Gasteiger partial charge in [-0.3, -0.25) is 9.88 Å². The summed E-state index contributed by atoms with van der Waals surface area (Å²) in [5.74, 6) is 3.50. The largest absolute Gasteiger partial charge is 0.461 e. The number of benzene rings is 2. The first-order valence-corrected chi connectivity index (χ1v) is 23.8. The maximum Gasteiger partial charge on any atom is 0.410 e. The zero-order valence-corrected chi connectivity index (χ0v) is 37.8. The van der Waals surface area contributed by atoms with Gasteiger partial charge >= 0.3 is 12.1 Å². The van der Waals surface area contributed by atoms with Gasteiger partial charge in [0, 0.05) is 49.3 Å². The minimum atomic E-state index is -2.07. The molecule has 0 saturated carbocycles. The fraction of sp³-hybridized carbons (Fsp3) is 0.574. The number of likely N-dealkylation sites (N-methyl/N-ethyl adjacent to an activating group) is 1. The zero-order chi connectivity index (χ0) is 42.6. The van der Waals surface area contributed by atoms with Crippen LogP contribution in [0.4, 0.5) is 19.4 Å². The SMILES string of the molecule is CC1C(N(C)c2nc(OC[C@@]34CCCN3C[C@H](F)C4)nc3c(F)c(-c4cccc5cccc(C#C[Si](C(C)C)(C(C)C)C(C)C)c45)ncc23)CCN1C(=O)OC(C)(C)C. The molecule has 59 heavy (non-hydrogen) atoms. The molecule has 3 aliphatic heterocycles. The molecule has 316 valence electrons. The third kappa shape index (κ3) is 7.90. The zero-order valence-electron chi connectivity index (χ0n) is 36.8. The average Bonchev–Trinajstić information content (AvgIpc) is 3.84. The number of anilines is 1. The van der Waals surface area contributed by atoms with Gasteiger partial charge in [-0.2, -0.15) is 9.97 Å². The van der Waals surface area contributed by atoms with Crippen LogP contribution in [-0.2, 0) is 4.74 Å². The average molecular weight is 825 g/mol. The van der Waals surface area contributed by atoms with Crippen molar-refractivity contribution in [3.05, 3.63) is 54.0 Å². The molecule has 0 aliphatic carbocycles. The number of likely N-dealkylation sites (tertiary alicyclic amines) is 1. The summed E-state index contributed by atoms with van der Waals surface area (Å²) in [6.07, 6.45) is 3.18. The minimum absolute atomic E-state index is 0.0235. The van der Waals surface area contributed by atoms with Crippen LogP contribution in [0.5, 0.6) is 6.01 Å². The summed E-state index contributed by atoms with van der Waals surface area (Å²) in [6, 6.07) is 11.6. The fourth-order valence-electron chi connectivity index (χ4n) is 10.6. The van der Waals surface area contributed by atoms with Crippen LogP contribution in [0.2, 0.25) is 16.6 Å². The summed E-state index contributed by atoms with van der Waals surface area (Å²) in [5, 5.41) is 2.22.